The molecule has 1 aliphatic heterocycles. The lowest BCUT2D eigenvalue weighted by atomic mass is 9.94. The van der Waals surface area contributed by atoms with Crippen molar-refractivity contribution in [1.82, 2.24) is 14.8 Å². The first kappa shape index (κ1) is 19.1. The van der Waals surface area contributed by atoms with Crippen LogP contribution in [0.2, 0.25) is 0 Å². The van der Waals surface area contributed by atoms with E-state index in [1.54, 1.807) is 25.2 Å². The van der Waals surface area contributed by atoms with Gasteiger partial charge in [-0.2, -0.15) is 5.10 Å². The maximum Gasteiger partial charge on any atom is 0.165 e. The quantitative estimate of drug-likeness (QED) is 0.690. The maximum absolute atomic E-state index is 12.8. The molecule has 2 aromatic heterocycles. The van der Waals surface area contributed by atoms with Crippen LogP contribution < -0.4 is 5.73 Å². The molecule has 0 fully saturated rings. The lowest BCUT2D eigenvalue weighted by Gasteiger charge is -2.37. The average molecular weight is 418 g/mol. The number of fused-ring (bicyclic) bond motifs is 1. The van der Waals surface area contributed by atoms with Gasteiger partial charge in [0, 0.05) is 7.05 Å². The molecule has 148 valence electrons. The fraction of sp³-hybridized carbons (Fsp3) is 0.421. The van der Waals surface area contributed by atoms with Gasteiger partial charge < -0.3 is 5.73 Å². The molecule has 1 atom stereocenters. The Morgan fingerprint density at radius 1 is 1.21 bits per heavy atom. The first-order valence-corrected chi connectivity index (χ1v) is 11.4. The molecule has 4 rings (SSSR count). The second-order valence-corrected chi connectivity index (χ2v) is 11.6. The number of hydrogen-bond donors (Lipinski definition) is 1. The number of thiazole rings is 1. The third-order valence-corrected chi connectivity index (χ3v) is 9.21. The largest absolute Gasteiger partial charge is 0.386 e. The van der Waals surface area contributed by atoms with Crippen molar-refractivity contribution >= 4 is 37.2 Å². The molecule has 0 aliphatic carbocycles. The molecule has 0 spiro atoms. The molecule has 0 radical (unpaired) electrons. The number of amidine groups is 1. The summed E-state index contributed by atoms with van der Waals surface area (Å²) < 4.78 is 27.3. The summed E-state index contributed by atoms with van der Waals surface area (Å²) in [6.07, 6.45) is 0. The van der Waals surface area contributed by atoms with E-state index in [0.29, 0.717) is 0 Å². The van der Waals surface area contributed by atoms with Crippen molar-refractivity contribution in [3.8, 4) is 10.7 Å². The minimum Gasteiger partial charge on any atom is -0.386 e. The van der Waals surface area contributed by atoms with Crippen molar-refractivity contribution in [2.24, 2.45) is 17.8 Å². The van der Waals surface area contributed by atoms with Crippen LogP contribution in [0.15, 0.2) is 29.3 Å². The van der Waals surface area contributed by atoms with Crippen LogP contribution in [0, 0.1) is 6.92 Å². The highest BCUT2D eigenvalue weighted by molar-refractivity contribution is 7.93. The van der Waals surface area contributed by atoms with Gasteiger partial charge in [0.25, 0.3) is 0 Å². The standard InChI is InChI=1S/C19H23N5O2S2/c1-11-8-14(24(5)23-11)16-21-13-7-6-12(9-15(13)27-16)19(4)10-28(25,26)18(2,3)17(20)22-19/h6-9H,10H2,1-5H3,(H2,20,22)/t19-/m0/s1. The van der Waals surface area contributed by atoms with Crippen molar-refractivity contribution < 1.29 is 8.42 Å². The predicted molar refractivity (Wildman–Crippen MR) is 113 cm³/mol. The molecule has 3 heterocycles. The minimum absolute atomic E-state index is 0.0776. The Labute approximate surface area is 168 Å². The third-order valence-electron chi connectivity index (χ3n) is 5.46. The number of aryl methyl sites for hydroxylation is 2. The Hall–Kier alpha value is -2.26. The second-order valence-electron chi connectivity index (χ2n) is 8.04. The molecule has 0 bridgehead atoms. The number of aromatic nitrogens is 3. The fourth-order valence-corrected chi connectivity index (χ4v) is 6.22. The van der Waals surface area contributed by atoms with Crippen LogP contribution in [-0.4, -0.2) is 39.5 Å². The molecule has 0 unspecified atom stereocenters. The summed E-state index contributed by atoms with van der Waals surface area (Å²) in [7, 11) is -1.54. The van der Waals surface area contributed by atoms with E-state index in [9.17, 15) is 8.42 Å². The van der Waals surface area contributed by atoms with Crippen molar-refractivity contribution in [2.45, 2.75) is 38.0 Å². The van der Waals surface area contributed by atoms with Gasteiger partial charge in [-0.25, -0.2) is 13.4 Å². The second kappa shape index (κ2) is 5.87. The van der Waals surface area contributed by atoms with E-state index in [1.165, 1.54) is 0 Å². The molecule has 9 heteroatoms. The van der Waals surface area contributed by atoms with Gasteiger partial charge in [-0.15, -0.1) is 11.3 Å². The first-order chi connectivity index (χ1) is 12.9. The summed E-state index contributed by atoms with van der Waals surface area (Å²) >= 11 is 1.55. The normalized spacial score (nSPS) is 23.7. The van der Waals surface area contributed by atoms with Gasteiger partial charge in [0.15, 0.2) is 9.84 Å². The number of aliphatic imine (C=N–C) groups is 1. The van der Waals surface area contributed by atoms with Crippen molar-refractivity contribution in [2.75, 3.05) is 5.75 Å². The lowest BCUT2D eigenvalue weighted by molar-refractivity contribution is 0.501. The molecule has 1 aliphatic rings. The number of nitrogens with two attached hydrogens (primary N) is 1. The fourth-order valence-electron chi connectivity index (χ4n) is 3.47. The zero-order valence-electron chi connectivity index (χ0n) is 16.5. The molecular formula is C19H23N5O2S2. The van der Waals surface area contributed by atoms with Crippen LogP contribution in [0.4, 0.5) is 0 Å². The molecule has 2 N–H and O–H groups in total. The zero-order valence-corrected chi connectivity index (χ0v) is 18.1. The summed E-state index contributed by atoms with van der Waals surface area (Å²) in [5.74, 6) is 0.0721. The summed E-state index contributed by atoms with van der Waals surface area (Å²) in [4.78, 5) is 9.32. The molecule has 0 amide bonds. The third kappa shape index (κ3) is 2.76. The molecule has 0 saturated carbocycles. The van der Waals surface area contributed by atoms with E-state index >= 15 is 0 Å². The van der Waals surface area contributed by atoms with E-state index in [4.69, 9.17) is 10.7 Å². The Morgan fingerprint density at radius 3 is 2.54 bits per heavy atom. The van der Waals surface area contributed by atoms with Gasteiger partial charge >= 0.3 is 0 Å². The van der Waals surface area contributed by atoms with Crippen LogP contribution in [0.25, 0.3) is 20.9 Å². The maximum atomic E-state index is 12.8. The highest BCUT2D eigenvalue weighted by Gasteiger charge is 2.48. The van der Waals surface area contributed by atoms with Gasteiger partial charge in [0.1, 0.15) is 15.6 Å². The van der Waals surface area contributed by atoms with Crippen molar-refractivity contribution in [3.05, 3.63) is 35.5 Å². The van der Waals surface area contributed by atoms with Gasteiger partial charge in [0.05, 0.1) is 32.9 Å². The summed E-state index contributed by atoms with van der Waals surface area (Å²) in [6.45, 7) is 6.98. The van der Waals surface area contributed by atoms with Gasteiger partial charge in [-0.3, -0.25) is 9.67 Å². The van der Waals surface area contributed by atoms with E-state index in [1.807, 2.05) is 49.8 Å². The van der Waals surface area contributed by atoms with Crippen LogP contribution in [-0.2, 0) is 22.4 Å². The number of rotatable bonds is 2. The van der Waals surface area contributed by atoms with E-state index in [0.717, 1.165) is 32.2 Å². The average Bonchev–Trinajstić information content (AvgIpc) is 3.14. The molecule has 7 nitrogen and oxygen atoms in total. The minimum atomic E-state index is -3.44. The summed E-state index contributed by atoms with van der Waals surface area (Å²) in [5, 5.41) is 5.26. The van der Waals surface area contributed by atoms with Gasteiger partial charge in [0.2, 0.25) is 0 Å². The monoisotopic (exact) mass is 417 g/mol. The highest BCUT2D eigenvalue weighted by atomic mass is 32.2. The summed E-state index contributed by atoms with van der Waals surface area (Å²) in [6, 6.07) is 7.78. The molecule has 3 aromatic rings. The Balaban J connectivity index is 1.82. The van der Waals surface area contributed by atoms with Gasteiger partial charge in [-0.1, -0.05) is 6.07 Å². The van der Waals surface area contributed by atoms with Crippen LogP contribution >= 0.6 is 11.3 Å². The number of sulfone groups is 1. The van der Waals surface area contributed by atoms with E-state index in [-0.39, 0.29) is 11.6 Å². The van der Waals surface area contributed by atoms with Crippen molar-refractivity contribution in [3.63, 3.8) is 0 Å². The summed E-state index contributed by atoms with van der Waals surface area (Å²) in [5.41, 5.74) is 8.72. The smallest absolute Gasteiger partial charge is 0.165 e. The Bertz CT molecular complexity index is 1240. The SMILES string of the molecule is Cc1cc(-c2nc3ccc([C@]4(C)CS(=O)(=O)C(C)(C)C(N)=N4)cc3s2)n(C)n1. The van der Waals surface area contributed by atoms with Crippen LogP contribution in [0.5, 0.6) is 0 Å². The van der Waals surface area contributed by atoms with E-state index in [2.05, 4.69) is 10.1 Å². The first-order valence-electron chi connectivity index (χ1n) is 8.93. The number of nitrogens with zero attached hydrogens (tertiary/aromatic N) is 4. The van der Waals surface area contributed by atoms with Crippen molar-refractivity contribution in [1.29, 1.82) is 0 Å². The zero-order chi connectivity index (χ0) is 20.5. The number of hydrogen-bond acceptors (Lipinski definition) is 7. The van der Waals surface area contributed by atoms with Crippen LogP contribution in [0.3, 0.4) is 0 Å². The Morgan fingerprint density at radius 2 is 1.93 bits per heavy atom. The van der Waals surface area contributed by atoms with Crippen LogP contribution in [0.1, 0.15) is 32.0 Å². The van der Waals surface area contributed by atoms with E-state index < -0.39 is 20.1 Å². The molecule has 1 aromatic carbocycles. The number of benzene rings is 1. The topological polar surface area (TPSA) is 103 Å². The Kier molecular flexibility index (Phi) is 4.00. The van der Waals surface area contributed by atoms with Gasteiger partial charge in [-0.05, 0) is 51.5 Å². The predicted octanol–water partition coefficient (Wildman–Crippen LogP) is 2.78. The highest BCUT2D eigenvalue weighted by Crippen LogP contribution is 2.39. The lowest BCUT2D eigenvalue weighted by Crippen LogP contribution is -2.54. The molecule has 0 saturated heterocycles. The molecule has 28 heavy (non-hydrogen) atoms. The molecular weight excluding hydrogens is 394 g/mol.